The molecule has 0 radical (unpaired) electrons. The second-order valence-electron chi connectivity index (χ2n) is 5.81. The number of carbonyl (C=O) groups excluding carboxylic acids is 1. The fraction of sp³-hybridized carbons (Fsp3) is 0.714. The molecule has 1 saturated heterocycles. The van der Waals surface area contributed by atoms with Crippen LogP contribution < -0.4 is 0 Å². The van der Waals surface area contributed by atoms with Crippen LogP contribution in [0, 0.1) is 5.92 Å². The Bertz CT molecular complexity index is 479. The minimum Gasteiger partial charge on any atom is -0.390 e. The number of likely N-dealkylation sites (tertiary alicyclic amines) is 1. The molecule has 3 rings (SSSR count). The lowest BCUT2D eigenvalue weighted by Gasteiger charge is -2.35. The van der Waals surface area contributed by atoms with Crippen LogP contribution in [0.2, 0.25) is 0 Å². The molecule has 0 bridgehead atoms. The predicted molar refractivity (Wildman–Crippen MR) is 70.8 cm³/mol. The van der Waals surface area contributed by atoms with Crippen LogP contribution in [-0.2, 0) is 6.42 Å². The SMILES string of the molecule is CCc1[nH]ncc1C(=O)N1CCCC(C2(O)CC2)C1. The number of aromatic nitrogens is 2. The van der Waals surface area contributed by atoms with E-state index in [0.717, 1.165) is 44.3 Å². The van der Waals surface area contributed by atoms with Gasteiger partial charge in [0, 0.05) is 24.7 Å². The van der Waals surface area contributed by atoms with Crippen LogP contribution in [0.5, 0.6) is 0 Å². The minimum absolute atomic E-state index is 0.0551. The number of aromatic amines is 1. The molecule has 2 aliphatic rings. The highest BCUT2D eigenvalue weighted by atomic mass is 16.3. The Morgan fingerprint density at radius 2 is 2.42 bits per heavy atom. The van der Waals surface area contributed by atoms with Gasteiger partial charge in [-0.1, -0.05) is 6.92 Å². The molecule has 1 saturated carbocycles. The van der Waals surface area contributed by atoms with Crippen molar-refractivity contribution in [3.05, 3.63) is 17.5 Å². The standard InChI is InChI=1S/C14H21N3O2/c1-2-12-11(8-15-16-12)13(18)17-7-3-4-10(9-17)14(19)5-6-14/h8,10,19H,2-7,9H2,1H3,(H,15,16). The van der Waals surface area contributed by atoms with Gasteiger partial charge in [-0.2, -0.15) is 5.10 Å². The molecule has 1 amide bonds. The lowest BCUT2D eigenvalue weighted by atomic mass is 9.90. The summed E-state index contributed by atoms with van der Waals surface area (Å²) in [6.07, 6.45) is 6.21. The third-order valence-corrected chi connectivity index (χ3v) is 4.53. The van der Waals surface area contributed by atoms with Gasteiger partial charge in [-0.15, -0.1) is 0 Å². The van der Waals surface area contributed by atoms with Crippen molar-refractivity contribution in [2.75, 3.05) is 13.1 Å². The summed E-state index contributed by atoms with van der Waals surface area (Å²) < 4.78 is 0. The topological polar surface area (TPSA) is 69.2 Å². The van der Waals surface area contributed by atoms with E-state index in [1.165, 1.54) is 0 Å². The van der Waals surface area contributed by atoms with Gasteiger partial charge >= 0.3 is 0 Å². The summed E-state index contributed by atoms with van der Waals surface area (Å²) >= 11 is 0. The lowest BCUT2D eigenvalue weighted by molar-refractivity contribution is 0.0282. The molecule has 1 aromatic heterocycles. The molecule has 0 spiro atoms. The van der Waals surface area contributed by atoms with Crippen molar-refractivity contribution in [1.82, 2.24) is 15.1 Å². The maximum absolute atomic E-state index is 12.5. The first-order chi connectivity index (χ1) is 9.14. The number of amides is 1. The van der Waals surface area contributed by atoms with Crippen molar-refractivity contribution in [3.8, 4) is 0 Å². The van der Waals surface area contributed by atoms with E-state index in [0.29, 0.717) is 12.1 Å². The van der Waals surface area contributed by atoms with Crippen LogP contribution in [0.3, 0.4) is 0 Å². The number of hydrogen-bond acceptors (Lipinski definition) is 3. The highest BCUT2D eigenvalue weighted by Crippen LogP contribution is 2.45. The molecule has 1 aliphatic heterocycles. The second kappa shape index (κ2) is 4.63. The van der Waals surface area contributed by atoms with Gasteiger partial charge in [0.2, 0.25) is 0 Å². The number of nitrogens with one attached hydrogen (secondary N) is 1. The Labute approximate surface area is 113 Å². The number of nitrogens with zero attached hydrogens (tertiary/aromatic N) is 2. The van der Waals surface area contributed by atoms with E-state index < -0.39 is 5.60 Å². The largest absolute Gasteiger partial charge is 0.390 e. The van der Waals surface area contributed by atoms with Gasteiger partial charge in [0.25, 0.3) is 5.91 Å². The first kappa shape index (κ1) is 12.7. The zero-order valence-electron chi connectivity index (χ0n) is 11.4. The molecule has 19 heavy (non-hydrogen) atoms. The monoisotopic (exact) mass is 263 g/mol. The lowest BCUT2D eigenvalue weighted by Crippen LogP contribution is -2.44. The summed E-state index contributed by atoms with van der Waals surface area (Å²) in [5.41, 5.74) is 1.10. The number of rotatable bonds is 3. The Balaban J connectivity index is 1.73. The van der Waals surface area contributed by atoms with E-state index in [1.807, 2.05) is 11.8 Å². The summed E-state index contributed by atoms with van der Waals surface area (Å²) in [5.74, 6) is 0.307. The van der Waals surface area contributed by atoms with Gasteiger partial charge in [0.1, 0.15) is 0 Å². The maximum atomic E-state index is 12.5. The fourth-order valence-corrected chi connectivity index (χ4v) is 3.07. The van der Waals surface area contributed by atoms with Gasteiger partial charge in [0.15, 0.2) is 0 Å². The molecule has 5 nitrogen and oxygen atoms in total. The van der Waals surface area contributed by atoms with Crippen LogP contribution in [0.25, 0.3) is 0 Å². The molecular weight excluding hydrogens is 242 g/mol. The minimum atomic E-state index is -0.483. The normalized spacial score (nSPS) is 25.4. The maximum Gasteiger partial charge on any atom is 0.257 e. The zero-order chi connectivity index (χ0) is 13.5. The van der Waals surface area contributed by atoms with E-state index in [1.54, 1.807) is 6.20 Å². The van der Waals surface area contributed by atoms with Crippen LogP contribution in [0.15, 0.2) is 6.20 Å². The summed E-state index contributed by atoms with van der Waals surface area (Å²) in [7, 11) is 0. The van der Waals surface area contributed by atoms with Gasteiger partial charge in [-0.25, -0.2) is 0 Å². The molecule has 0 aromatic carbocycles. The van der Waals surface area contributed by atoms with Crippen molar-refractivity contribution in [2.24, 2.45) is 5.92 Å². The number of carbonyl (C=O) groups is 1. The smallest absolute Gasteiger partial charge is 0.257 e. The molecule has 1 aromatic rings. The van der Waals surface area contributed by atoms with Crippen molar-refractivity contribution in [3.63, 3.8) is 0 Å². The Morgan fingerprint density at radius 3 is 3.11 bits per heavy atom. The van der Waals surface area contributed by atoms with E-state index >= 15 is 0 Å². The van der Waals surface area contributed by atoms with Crippen LogP contribution in [-0.4, -0.2) is 44.8 Å². The molecule has 1 aliphatic carbocycles. The average Bonchev–Trinajstić information content (AvgIpc) is 3.03. The van der Waals surface area contributed by atoms with E-state index in [-0.39, 0.29) is 11.8 Å². The summed E-state index contributed by atoms with van der Waals surface area (Å²) in [6.45, 7) is 3.49. The van der Waals surface area contributed by atoms with E-state index in [4.69, 9.17) is 0 Å². The molecule has 1 atom stereocenters. The quantitative estimate of drug-likeness (QED) is 0.865. The zero-order valence-corrected chi connectivity index (χ0v) is 11.4. The summed E-state index contributed by atoms with van der Waals surface area (Å²) in [4.78, 5) is 14.4. The summed E-state index contributed by atoms with van der Waals surface area (Å²) in [5, 5.41) is 17.1. The second-order valence-corrected chi connectivity index (χ2v) is 5.81. The highest BCUT2D eigenvalue weighted by Gasteiger charge is 2.49. The Hall–Kier alpha value is -1.36. The highest BCUT2D eigenvalue weighted by molar-refractivity contribution is 5.95. The Kier molecular flexibility index (Phi) is 3.09. The van der Waals surface area contributed by atoms with Crippen molar-refractivity contribution in [1.29, 1.82) is 0 Å². The molecule has 2 fully saturated rings. The van der Waals surface area contributed by atoms with Gasteiger partial charge in [-0.3, -0.25) is 9.89 Å². The number of aliphatic hydroxyl groups is 1. The molecule has 1 unspecified atom stereocenters. The number of piperidine rings is 1. The first-order valence-electron chi connectivity index (χ1n) is 7.18. The third-order valence-electron chi connectivity index (χ3n) is 4.53. The number of H-pyrrole nitrogens is 1. The average molecular weight is 263 g/mol. The molecule has 104 valence electrons. The van der Waals surface area contributed by atoms with Crippen molar-refractivity contribution < 1.29 is 9.90 Å². The van der Waals surface area contributed by atoms with E-state index in [9.17, 15) is 9.90 Å². The predicted octanol–water partition coefficient (Wildman–Crippen LogP) is 1.35. The van der Waals surface area contributed by atoms with Crippen LogP contribution in [0.4, 0.5) is 0 Å². The van der Waals surface area contributed by atoms with E-state index in [2.05, 4.69) is 10.2 Å². The molecular formula is C14H21N3O2. The fourth-order valence-electron chi connectivity index (χ4n) is 3.07. The molecule has 2 heterocycles. The number of hydrogen-bond donors (Lipinski definition) is 2. The molecule has 5 heteroatoms. The third kappa shape index (κ3) is 2.27. The van der Waals surface area contributed by atoms with Gasteiger partial charge in [0.05, 0.1) is 17.4 Å². The van der Waals surface area contributed by atoms with Crippen molar-refractivity contribution >= 4 is 5.91 Å². The Morgan fingerprint density at radius 1 is 1.63 bits per heavy atom. The first-order valence-corrected chi connectivity index (χ1v) is 7.18. The molecule has 2 N–H and O–H groups in total. The summed E-state index contributed by atoms with van der Waals surface area (Å²) in [6, 6.07) is 0. The van der Waals surface area contributed by atoms with Crippen molar-refractivity contribution in [2.45, 2.75) is 44.6 Å². The van der Waals surface area contributed by atoms with Gasteiger partial charge in [-0.05, 0) is 32.1 Å². The van der Waals surface area contributed by atoms with Gasteiger partial charge < -0.3 is 10.0 Å². The van der Waals surface area contributed by atoms with Crippen LogP contribution >= 0.6 is 0 Å². The van der Waals surface area contributed by atoms with Crippen LogP contribution in [0.1, 0.15) is 48.7 Å². The number of aryl methyl sites for hydroxylation is 1.